The maximum atomic E-state index is 14.2. The van der Waals surface area contributed by atoms with E-state index in [0.29, 0.717) is 42.4 Å². The van der Waals surface area contributed by atoms with Crippen LogP contribution in [-0.4, -0.2) is 23.7 Å². The number of amidine groups is 1. The topological polar surface area (TPSA) is 99.3 Å². The average molecular weight is 521 g/mol. The molecular weight excluding hydrogens is 493 g/mol. The minimum Gasteiger partial charge on any atom is -0.384 e. The Labute approximate surface area is 218 Å². The van der Waals surface area contributed by atoms with E-state index in [1.165, 1.54) is 17.0 Å². The lowest BCUT2D eigenvalue weighted by Gasteiger charge is -2.45. The average Bonchev–Trinajstić information content (AvgIpc) is 2.90. The number of nitrogens with two attached hydrogens (primary N) is 1. The summed E-state index contributed by atoms with van der Waals surface area (Å²) in [6.07, 6.45) is -1.93. The van der Waals surface area contributed by atoms with E-state index in [9.17, 15) is 22.8 Å². The van der Waals surface area contributed by atoms with Gasteiger partial charge >= 0.3 is 6.18 Å². The first kappa shape index (κ1) is 25.5. The predicted molar refractivity (Wildman–Crippen MR) is 139 cm³/mol. The first-order chi connectivity index (χ1) is 18.1. The molecule has 2 amide bonds. The van der Waals surface area contributed by atoms with Crippen LogP contribution in [0.5, 0.6) is 0 Å². The van der Waals surface area contributed by atoms with Crippen LogP contribution in [0, 0.1) is 11.3 Å². The minimum atomic E-state index is -4.72. The van der Waals surface area contributed by atoms with Gasteiger partial charge in [0.15, 0.2) is 0 Å². The van der Waals surface area contributed by atoms with Gasteiger partial charge in [-0.2, -0.15) is 13.2 Å². The van der Waals surface area contributed by atoms with Gasteiger partial charge in [0.2, 0.25) is 11.8 Å². The number of alkyl halides is 3. The molecule has 2 heterocycles. The number of carbonyl (C=O) groups excluding carboxylic acids is 2. The van der Waals surface area contributed by atoms with Gasteiger partial charge in [-0.25, -0.2) is 0 Å². The standard InChI is InChI=1S/C29H27F3N4O2/c30-29(31,32)23-16-21(11-14-24(23)36-22-12-9-18(10-13-22)28(36)38)35-27(37)25(17-5-2-1-3-6-17)19-7-4-8-20(15-19)26(33)34/h1-8,11,14-16,18,22,25H,9-10,12-13H2,(H3,33,34)(H,35,37). The van der Waals surface area contributed by atoms with Crippen LogP contribution in [0.4, 0.5) is 24.5 Å². The van der Waals surface area contributed by atoms with Crippen molar-refractivity contribution in [3.05, 3.63) is 95.1 Å². The zero-order chi connectivity index (χ0) is 27.0. The van der Waals surface area contributed by atoms with Crippen molar-refractivity contribution in [1.29, 1.82) is 5.41 Å². The van der Waals surface area contributed by atoms with Gasteiger partial charge in [-0.15, -0.1) is 0 Å². The number of nitrogens with one attached hydrogen (secondary N) is 2. The number of hydrogen-bond acceptors (Lipinski definition) is 3. The molecule has 3 fully saturated rings. The summed E-state index contributed by atoms with van der Waals surface area (Å²) in [6, 6.07) is 18.9. The number of hydrogen-bond donors (Lipinski definition) is 3. The van der Waals surface area contributed by atoms with E-state index in [-0.39, 0.29) is 35.1 Å². The van der Waals surface area contributed by atoms with Gasteiger partial charge in [-0.1, -0.05) is 48.5 Å². The van der Waals surface area contributed by atoms with Gasteiger partial charge in [-0.05, 0) is 61.1 Å². The second-order valence-electron chi connectivity index (χ2n) is 9.82. The number of carbonyl (C=O) groups is 2. The molecule has 2 bridgehead atoms. The summed E-state index contributed by atoms with van der Waals surface area (Å²) < 4.78 is 42.6. The smallest absolute Gasteiger partial charge is 0.384 e. The van der Waals surface area contributed by atoms with Gasteiger partial charge in [0.05, 0.1) is 17.2 Å². The Balaban J connectivity index is 1.50. The summed E-state index contributed by atoms with van der Waals surface area (Å²) in [5.41, 5.74) is 6.10. The van der Waals surface area contributed by atoms with Crippen molar-refractivity contribution >= 4 is 29.0 Å². The van der Waals surface area contributed by atoms with Crippen LogP contribution in [0.2, 0.25) is 0 Å². The molecule has 38 heavy (non-hydrogen) atoms. The van der Waals surface area contributed by atoms with Crippen molar-refractivity contribution in [3.63, 3.8) is 0 Å². The number of amides is 2. The van der Waals surface area contributed by atoms with Crippen LogP contribution >= 0.6 is 0 Å². The molecule has 0 aromatic heterocycles. The number of rotatable bonds is 6. The highest BCUT2D eigenvalue weighted by Gasteiger charge is 2.44. The third-order valence-electron chi connectivity index (χ3n) is 7.40. The molecule has 1 aliphatic carbocycles. The summed E-state index contributed by atoms with van der Waals surface area (Å²) >= 11 is 0. The van der Waals surface area contributed by atoms with Crippen molar-refractivity contribution in [3.8, 4) is 0 Å². The zero-order valence-corrected chi connectivity index (χ0v) is 20.5. The highest BCUT2D eigenvalue weighted by atomic mass is 19.4. The van der Waals surface area contributed by atoms with E-state index in [2.05, 4.69) is 5.32 Å². The van der Waals surface area contributed by atoms with Crippen LogP contribution in [0.15, 0.2) is 72.8 Å². The molecule has 4 N–H and O–H groups in total. The highest BCUT2D eigenvalue weighted by molar-refractivity contribution is 6.01. The Morgan fingerprint density at radius 1 is 0.947 bits per heavy atom. The van der Waals surface area contributed by atoms with Crippen LogP contribution in [0.3, 0.4) is 0 Å². The third kappa shape index (κ3) is 4.88. The highest BCUT2D eigenvalue weighted by Crippen LogP contribution is 2.45. The summed E-state index contributed by atoms with van der Waals surface area (Å²) in [5.74, 6) is -2.05. The number of piperidine rings is 2. The van der Waals surface area contributed by atoms with Crippen LogP contribution in [0.25, 0.3) is 0 Å². The van der Waals surface area contributed by atoms with Crippen molar-refractivity contribution in [2.45, 2.75) is 43.8 Å². The van der Waals surface area contributed by atoms with Crippen molar-refractivity contribution in [2.75, 3.05) is 10.2 Å². The zero-order valence-electron chi connectivity index (χ0n) is 20.5. The third-order valence-corrected chi connectivity index (χ3v) is 7.40. The van der Waals surface area contributed by atoms with E-state index in [0.717, 1.165) is 6.07 Å². The minimum absolute atomic E-state index is 0.0238. The number of fused-ring (bicyclic) bond motifs is 3. The fourth-order valence-electron chi connectivity index (χ4n) is 5.56. The predicted octanol–water partition coefficient (Wildman–Crippen LogP) is 5.67. The first-order valence-electron chi connectivity index (χ1n) is 12.5. The van der Waals surface area contributed by atoms with Crippen molar-refractivity contribution in [1.82, 2.24) is 0 Å². The SMILES string of the molecule is N=C(N)c1cccc(C(C(=O)Nc2ccc(N3C(=O)C4CCC3CC4)c(C(F)(F)F)c2)c2ccccc2)c1. The molecule has 196 valence electrons. The molecule has 9 heteroatoms. The normalized spacial score (nSPS) is 19.8. The molecule has 3 aromatic rings. The second kappa shape index (κ2) is 9.96. The van der Waals surface area contributed by atoms with Gasteiger partial charge in [0.1, 0.15) is 5.84 Å². The number of nitrogens with zero attached hydrogens (tertiary/aromatic N) is 1. The molecule has 3 aromatic carbocycles. The number of benzene rings is 3. The summed E-state index contributed by atoms with van der Waals surface area (Å²) in [7, 11) is 0. The number of halogens is 3. The summed E-state index contributed by atoms with van der Waals surface area (Å²) in [5, 5.41) is 10.4. The Morgan fingerprint density at radius 2 is 1.63 bits per heavy atom. The van der Waals surface area contributed by atoms with Crippen molar-refractivity contribution < 1.29 is 22.8 Å². The fourth-order valence-corrected chi connectivity index (χ4v) is 5.56. The Kier molecular flexibility index (Phi) is 6.69. The maximum absolute atomic E-state index is 14.2. The van der Waals surface area contributed by atoms with Gasteiger partial charge < -0.3 is 16.0 Å². The van der Waals surface area contributed by atoms with Crippen LogP contribution < -0.4 is 16.0 Å². The Bertz CT molecular complexity index is 1380. The Hall–Kier alpha value is -4.14. The first-order valence-corrected chi connectivity index (χ1v) is 12.5. The van der Waals surface area contributed by atoms with E-state index in [1.807, 2.05) is 0 Å². The molecule has 0 radical (unpaired) electrons. The molecule has 3 aliphatic rings. The van der Waals surface area contributed by atoms with Gasteiger partial charge in [0, 0.05) is 23.2 Å². The van der Waals surface area contributed by atoms with E-state index < -0.39 is 23.6 Å². The molecule has 1 atom stereocenters. The number of anilines is 2. The number of nitrogen functional groups attached to an aromatic ring is 1. The second-order valence-corrected chi connectivity index (χ2v) is 9.82. The molecule has 1 unspecified atom stereocenters. The lowest BCUT2D eigenvalue weighted by atomic mass is 9.78. The summed E-state index contributed by atoms with van der Waals surface area (Å²) in [6.45, 7) is 0. The van der Waals surface area contributed by atoms with Crippen molar-refractivity contribution in [2.24, 2.45) is 11.7 Å². The van der Waals surface area contributed by atoms with Gasteiger partial charge in [0.25, 0.3) is 0 Å². The molecule has 0 spiro atoms. The monoisotopic (exact) mass is 520 g/mol. The quantitative estimate of drug-likeness (QED) is 0.289. The molecule has 2 saturated heterocycles. The van der Waals surface area contributed by atoms with E-state index in [4.69, 9.17) is 11.1 Å². The largest absolute Gasteiger partial charge is 0.418 e. The molecule has 6 rings (SSSR count). The van der Waals surface area contributed by atoms with E-state index >= 15 is 0 Å². The lowest BCUT2D eigenvalue weighted by molar-refractivity contribution is -0.137. The molecule has 6 nitrogen and oxygen atoms in total. The molecule has 1 saturated carbocycles. The fraction of sp³-hybridized carbons (Fsp3) is 0.276. The van der Waals surface area contributed by atoms with Gasteiger partial charge in [-0.3, -0.25) is 15.0 Å². The molecule has 2 aliphatic heterocycles. The lowest BCUT2D eigenvalue weighted by Crippen LogP contribution is -2.53. The Morgan fingerprint density at radius 3 is 2.26 bits per heavy atom. The summed E-state index contributed by atoms with van der Waals surface area (Å²) in [4.78, 5) is 27.7. The van der Waals surface area contributed by atoms with Crippen LogP contribution in [0.1, 0.15) is 53.9 Å². The maximum Gasteiger partial charge on any atom is 0.418 e. The van der Waals surface area contributed by atoms with Crippen LogP contribution in [-0.2, 0) is 15.8 Å². The molecular formula is C29H27F3N4O2. The van der Waals surface area contributed by atoms with E-state index in [1.54, 1.807) is 54.6 Å².